The van der Waals surface area contributed by atoms with Gasteiger partial charge in [0, 0.05) is 32.8 Å². The number of guanidine groups is 1. The summed E-state index contributed by atoms with van der Waals surface area (Å²) in [5.41, 5.74) is 0. The smallest absolute Gasteiger partial charge is 0.191 e. The van der Waals surface area contributed by atoms with Crippen molar-refractivity contribution in [2.24, 2.45) is 4.99 Å². The van der Waals surface area contributed by atoms with Gasteiger partial charge in [-0.2, -0.15) is 0 Å². The Labute approximate surface area is 153 Å². The van der Waals surface area contributed by atoms with E-state index in [0.29, 0.717) is 6.04 Å². The minimum atomic E-state index is 0. The van der Waals surface area contributed by atoms with Crippen LogP contribution in [0, 0.1) is 0 Å². The topological polar surface area (TPSA) is 48.9 Å². The highest BCUT2D eigenvalue weighted by Gasteiger charge is 2.21. The fraction of sp³-hybridized carbons (Fsp3) is 0.938. The van der Waals surface area contributed by atoms with Crippen LogP contribution in [0.4, 0.5) is 0 Å². The molecule has 1 fully saturated rings. The van der Waals surface area contributed by atoms with E-state index < -0.39 is 0 Å². The molecule has 1 unspecified atom stereocenters. The number of rotatable bonds is 9. The second-order valence-electron chi connectivity index (χ2n) is 5.62. The number of hydrogen-bond donors (Lipinski definition) is 2. The monoisotopic (exact) mass is 426 g/mol. The number of hydrogen-bond acceptors (Lipinski definition) is 3. The Morgan fingerprint density at radius 3 is 2.77 bits per heavy atom. The Balaban J connectivity index is 0.00000441. The first kappa shape index (κ1) is 21.9. The van der Waals surface area contributed by atoms with Crippen molar-refractivity contribution in [3.8, 4) is 0 Å². The first-order valence-electron chi connectivity index (χ1n) is 8.58. The number of ether oxygens (including phenoxy) is 1. The zero-order valence-electron chi connectivity index (χ0n) is 14.6. The van der Waals surface area contributed by atoms with E-state index in [9.17, 15) is 0 Å². The summed E-state index contributed by atoms with van der Waals surface area (Å²) < 4.78 is 5.33. The van der Waals surface area contributed by atoms with Crippen LogP contribution in [-0.2, 0) is 4.74 Å². The number of nitrogens with one attached hydrogen (secondary N) is 2. The van der Waals surface area contributed by atoms with Crippen molar-refractivity contribution in [3.63, 3.8) is 0 Å². The molecule has 132 valence electrons. The second-order valence-corrected chi connectivity index (χ2v) is 5.62. The summed E-state index contributed by atoms with van der Waals surface area (Å²) in [6.07, 6.45) is 6.58. The number of halogens is 1. The van der Waals surface area contributed by atoms with Crippen LogP contribution in [0.3, 0.4) is 0 Å². The van der Waals surface area contributed by atoms with Crippen LogP contribution in [0.25, 0.3) is 0 Å². The van der Waals surface area contributed by atoms with Gasteiger partial charge in [-0.25, -0.2) is 0 Å². The molecule has 0 saturated carbocycles. The maximum absolute atomic E-state index is 5.33. The van der Waals surface area contributed by atoms with Gasteiger partial charge < -0.3 is 15.4 Å². The number of nitrogens with zero attached hydrogens (tertiary/aromatic N) is 2. The summed E-state index contributed by atoms with van der Waals surface area (Å²) in [6.45, 7) is 10.0. The lowest BCUT2D eigenvalue weighted by atomic mass is 10.0. The Hall–Kier alpha value is -0.0800. The SMILES string of the molecule is CCCCN1CCCCC1CNC(=NC)NCCOCC.I. The van der Waals surface area contributed by atoms with E-state index in [1.165, 1.54) is 45.2 Å². The molecule has 1 rings (SSSR count). The van der Waals surface area contributed by atoms with Crippen molar-refractivity contribution >= 4 is 29.9 Å². The van der Waals surface area contributed by atoms with E-state index in [0.717, 1.165) is 32.3 Å². The van der Waals surface area contributed by atoms with Crippen LogP contribution in [-0.4, -0.2) is 63.3 Å². The standard InChI is InChI=1S/C16H34N4O.HI/c1-4-6-11-20-12-8-7-9-15(20)14-19-16(17-3)18-10-13-21-5-2;/h15H,4-14H2,1-3H3,(H2,17,18,19);1H. The van der Waals surface area contributed by atoms with E-state index >= 15 is 0 Å². The first-order valence-corrected chi connectivity index (χ1v) is 8.58. The van der Waals surface area contributed by atoms with E-state index in [1.807, 2.05) is 14.0 Å². The van der Waals surface area contributed by atoms with Gasteiger partial charge in [-0.05, 0) is 39.3 Å². The molecule has 6 heteroatoms. The normalized spacial score (nSPS) is 19.6. The number of aliphatic imine (C=N–C) groups is 1. The van der Waals surface area contributed by atoms with E-state index in [-0.39, 0.29) is 24.0 Å². The van der Waals surface area contributed by atoms with Crippen molar-refractivity contribution in [1.29, 1.82) is 0 Å². The van der Waals surface area contributed by atoms with E-state index in [1.54, 1.807) is 0 Å². The number of piperidine rings is 1. The first-order chi connectivity index (χ1) is 10.3. The summed E-state index contributed by atoms with van der Waals surface area (Å²) in [5.74, 6) is 0.885. The predicted octanol–water partition coefficient (Wildman–Crippen LogP) is 2.46. The molecular weight excluding hydrogens is 391 g/mol. The van der Waals surface area contributed by atoms with Gasteiger partial charge in [0.2, 0.25) is 0 Å². The van der Waals surface area contributed by atoms with Crippen molar-refractivity contribution in [2.45, 2.75) is 52.0 Å². The third-order valence-electron chi connectivity index (χ3n) is 4.02. The Morgan fingerprint density at radius 2 is 2.09 bits per heavy atom. The highest BCUT2D eigenvalue weighted by Crippen LogP contribution is 2.16. The molecule has 1 saturated heterocycles. The summed E-state index contributed by atoms with van der Waals surface area (Å²) in [6, 6.07) is 0.649. The third-order valence-corrected chi connectivity index (χ3v) is 4.02. The molecule has 0 aromatic rings. The lowest BCUT2D eigenvalue weighted by Crippen LogP contribution is -2.49. The highest BCUT2D eigenvalue weighted by atomic mass is 127. The molecule has 0 amide bonds. The quantitative estimate of drug-likeness (QED) is 0.258. The molecule has 5 nitrogen and oxygen atoms in total. The number of likely N-dealkylation sites (tertiary alicyclic amines) is 1. The number of unbranched alkanes of at least 4 members (excludes halogenated alkanes) is 1. The van der Waals surface area contributed by atoms with Gasteiger partial charge in [0.15, 0.2) is 5.96 Å². The van der Waals surface area contributed by atoms with Gasteiger partial charge in [0.1, 0.15) is 0 Å². The van der Waals surface area contributed by atoms with Crippen LogP contribution in [0.5, 0.6) is 0 Å². The van der Waals surface area contributed by atoms with Crippen LogP contribution in [0.1, 0.15) is 46.0 Å². The molecule has 0 aromatic carbocycles. The molecule has 0 bridgehead atoms. The van der Waals surface area contributed by atoms with Gasteiger partial charge >= 0.3 is 0 Å². The van der Waals surface area contributed by atoms with Crippen LogP contribution in [0.2, 0.25) is 0 Å². The molecule has 0 aromatic heterocycles. The molecule has 0 radical (unpaired) electrons. The van der Waals surface area contributed by atoms with Crippen LogP contribution in [0.15, 0.2) is 4.99 Å². The molecule has 0 aliphatic carbocycles. The van der Waals surface area contributed by atoms with Crippen molar-refractivity contribution in [1.82, 2.24) is 15.5 Å². The molecule has 1 aliphatic heterocycles. The molecule has 1 aliphatic rings. The summed E-state index contributed by atoms with van der Waals surface area (Å²) >= 11 is 0. The highest BCUT2D eigenvalue weighted by molar-refractivity contribution is 14.0. The second kappa shape index (κ2) is 14.5. The maximum Gasteiger partial charge on any atom is 0.191 e. The fourth-order valence-electron chi connectivity index (χ4n) is 2.77. The molecule has 2 N–H and O–H groups in total. The van der Waals surface area contributed by atoms with Crippen LogP contribution < -0.4 is 10.6 Å². The molecule has 1 heterocycles. The zero-order chi connectivity index (χ0) is 15.3. The molecular formula is C16H35IN4O. The summed E-state index contributed by atoms with van der Waals surface area (Å²) in [5, 5.41) is 6.76. The Bertz CT molecular complexity index is 289. The minimum absolute atomic E-state index is 0. The lowest BCUT2D eigenvalue weighted by molar-refractivity contribution is 0.146. The van der Waals surface area contributed by atoms with Gasteiger partial charge in [0.25, 0.3) is 0 Å². The van der Waals surface area contributed by atoms with Crippen LogP contribution >= 0.6 is 24.0 Å². The Morgan fingerprint density at radius 1 is 1.27 bits per heavy atom. The Kier molecular flexibility index (Phi) is 14.5. The lowest BCUT2D eigenvalue weighted by Gasteiger charge is -2.36. The summed E-state index contributed by atoms with van der Waals surface area (Å²) in [4.78, 5) is 6.92. The van der Waals surface area contributed by atoms with Crippen molar-refractivity contribution in [3.05, 3.63) is 0 Å². The average Bonchev–Trinajstić information content (AvgIpc) is 2.53. The van der Waals surface area contributed by atoms with Crippen molar-refractivity contribution < 1.29 is 4.74 Å². The minimum Gasteiger partial charge on any atom is -0.380 e. The van der Waals surface area contributed by atoms with E-state index in [4.69, 9.17) is 4.74 Å². The fourth-order valence-corrected chi connectivity index (χ4v) is 2.77. The van der Waals surface area contributed by atoms with E-state index in [2.05, 4.69) is 27.4 Å². The third kappa shape index (κ3) is 9.15. The average molecular weight is 426 g/mol. The summed E-state index contributed by atoms with van der Waals surface area (Å²) in [7, 11) is 1.83. The van der Waals surface area contributed by atoms with Gasteiger partial charge in [0.05, 0.1) is 6.61 Å². The maximum atomic E-state index is 5.33. The molecule has 1 atom stereocenters. The largest absolute Gasteiger partial charge is 0.380 e. The van der Waals surface area contributed by atoms with Gasteiger partial charge in [-0.1, -0.05) is 19.8 Å². The van der Waals surface area contributed by atoms with Crippen molar-refractivity contribution in [2.75, 3.05) is 46.4 Å². The molecule has 0 spiro atoms. The van der Waals surface area contributed by atoms with Gasteiger partial charge in [-0.3, -0.25) is 9.89 Å². The predicted molar refractivity (Wildman–Crippen MR) is 105 cm³/mol. The zero-order valence-corrected chi connectivity index (χ0v) is 16.9. The molecule has 22 heavy (non-hydrogen) atoms. The van der Waals surface area contributed by atoms with Gasteiger partial charge in [-0.15, -0.1) is 24.0 Å².